The van der Waals surface area contributed by atoms with Gasteiger partial charge >= 0.3 is 5.97 Å². The summed E-state index contributed by atoms with van der Waals surface area (Å²) in [4.78, 5) is 25.8. The van der Waals surface area contributed by atoms with Gasteiger partial charge < -0.3 is 20.1 Å². The van der Waals surface area contributed by atoms with E-state index in [1.54, 1.807) is 6.08 Å². The molecule has 2 aliphatic carbocycles. The van der Waals surface area contributed by atoms with Gasteiger partial charge in [-0.05, 0) is 55.1 Å². The Morgan fingerprint density at radius 1 is 1.25 bits per heavy atom. The molecule has 0 amide bonds. The van der Waals surface area contributed by atoms with Crippen molar-refractivity contribution in [2.24, 2.45) is 29.1 Å². The molecule has 2 aliphatic rings. The Balaban J connectivity index is 2.23. The summed E-state index contributed by atoms with van der Waals surface area (Å²) < 4.78 is 5.78. The Morgan fingerprint density at radius 2 is 1.91 bits per heavy atom. The van der Waals surface area contributed by atoms with Crippen LogP contribution in [0.2, 0.25) is 0 Å². The molecule has 6 heteroatoms. The molecule has 0 bridgehead atoms. The first-order valence-corrected chi connectivity index (χ1v) is 12.1. The number of rotatable bonds is 10. The van der Waals surface area contributed by atoms with E-state index in [-0.39, 0.29) is 36.6 Å². The van der Waals surface area contributed by atoms with Gasteiger partial charge in [-0.15, -0.1) is 0 Å². The molecule has 0 radical (unpaired) electrons. The third-order valence-electron chi connectivity index (χ3n) is 7.76. The van der Waals surface area contributed by atoms with Crippen LogP contribution in [0.1, 0.15) is 73.6 Å². The lowest BCUT2D eigenvalue weighted by molar-refractivity contribution is -0.178. The number of fused-ring (bicyclic) bond motifs is 1. The number of carbonyl (C=O) groups excluding carboxylic acids is 2. The van der Waals surface area contributed by atoms with Crippen molar-refractivity contribution in [1.82, 2.24) is 0 Å². The maximum atomic E-state index is 13.0. The number of esters is 1. The summed E-state index contributed by atoms with van der Waals surface area (Å²) in [7, 11) is 0. The van der Waals surface area contributed by atoms with Crippen LogP contribution in [0.25, 0.3) is 0 Å². The van der Waals surface area contributed by atoms with Gasteiger partial charge in [0.2, 0.25) is 0 Å². The lowest BCUT2D eigenvalue weighted by Crippen LogP contribution is -2.49. The fourth-order valence-corrected chi connectivity index (χ4v) is 5.15. The van der Waals surface area contributed by atoms with Gasteiger partial charge in [0.15, 0.2) is 11.4 Å². The maximum absolute atomic E-state index is 13.0. The normalized spacial score (nSPS) is 30.3. The van der Waals surface area contributed by atoms with Gasteiger partial charge in [-0.1, -0.05) is 54.0 Å². The van der Waals surface area contributed by atoms with E-state index < -0.39 is 29.7 Å². The Bertz CT molecular complexity index is 755. The lowest BCUT2D eigenvalue weighted by Gasteiger charge is -2.46. The van der Waals surface area contributed by atoms with E-state index in [4.69, 9.17) is 4.74 Å². The number of aliphatic hydroxyl groups excluding tert-OH is 2. The Morgan fingerprint density at radius 3 is 2.47 bits per heavy atom. The van der Waals surface area contributed by atoms with Gasteiger partial charge in [-0.25, -0.2) is 4.79 Å². The molecule has 3 N–H and O–H groups in total. The third-order valence-corrected chi connectivity index (χ3v) is 7.76. The number of allylic oxidation sites excluding steroid dienone is 2. The molecule has 6 nitrogen and oxygen atoms in total. The molecule has 0 spiro atoms. The molecule has 7 atom stereocenters. The van der Waals surface area contributed by atoms with Gasteiger partial charge in [0.05, 0.1) is 6.61 Å². The van der Waals surface area contributed by atoms with Crippen LogP contribution >= 0.6 is 0 Å². The van der Waals surface area contributed by atoms with Gasteiger partial charge in [-0.2, -0.15) is 0 Å². The Labute approximate surface area is 192 Å². The molecule has 32 heavy (non-hydrogen) atoms. The lowest BCUT2D eigenvalue weighted by atomic mass is 9.60. The quantitative estimate of drug-likeness (QED) is 0.440. The minimum atomic E-state index is -1.96. The molecule has 0 aromatic carbocycles. The monoisotopic (exact) mass is 450 g/mol. The summed E-state index contributed by atoms with van der Waals surface area (Å²) >= 11 is 0. The van der Waals surface area contributed by atoms with Crippen molar-refractivity contribution in [3.8, 4) is 0 Å². The summed E-state index contributed by atoms with van der Waals surface area (Å²) in [6.45, 7) is 11.4. The third kappa shape index (κ3) is 5.52. The highest BCUT2D eigenvalue weighted by Crippen LogP contribution is 2.50. The van der Waals surface area contributed by atoms with E-state index in [0.717, 1.165) is 24.8 Å². The zero-order valence-corrected chi connectivity index (χ0v) is 20.6. The number of carbonyl (C=O) groups is 2. The topological polar surface area (TPSA) is 104 Å². The first-order valence-electron chi connectivity index (χ1n) is 12.1. The molecule has 0 unspecified atom stereocenters. The summed E-state index contributed by atoms with van der Waals surface area (Å²) in [6.07, 6.45) is 6.20. The van der Waals surface area contributed by atoms with Gasteiger partial charge in [0.1, 0.15) is 6.10 Å². The largest absolute Gasteiger partial charge is 0.456 e. The Kier molecular flexibility index (Phi) is 8.88. The van der Waals surface area contributed by atoms with E-state index in [1.165, 1.54) is 0 Å². The van der Waals surface area contributed by atoms with E-state index in [0.29, 0.717) is 17.9 Å². The highest BCUT2D eigenvalue weighted by atomic mass is 16.6. The van der Waals surface area contributed by atoms with Gasteiger partial charge in [0.25, 0.3) is 0 Å². The number of hydrogen-bond donors (Lipinski definition) is 3. The molecule has 0 heterocycles. The number of hydrogen-bond acceptors (Lipinski definition) is 6. The average Bonchev–Trinajstić information content (AvgIpc) is 2.75. The van der Waals surface area contributed by atoms with Gasteiger partial charge in [-0.3, -0.25) is 4.79 Å². The summed E-state index contributed by atoms with van der Waals surface area (Å²) in [6, 6.07) is 0. The molecule has 1 saturated carbocycles. The van der Waals surface area contributed by atoms with E-state index in [1.807, 2.05) is 26.8 Å². The molecule has 0 aromatic rings. The molecule has 2 rings (SSSR count). The first kappa shape index (κ1) is 26.7. The van der Waals surface area contributed by atoms with Crippen molar-refractivity contribution in [1.29, 1.82) is 0 Å². The smallest absolute Gasteiger partial charge is 0.341 e. The van der Waals surface area contributed by atoms with Crippen LogP contribution in [0.4, 0.5) is 0 Å². The van der Waals surface area contributed by atoms with Crippen LogP contribution in [-0.4, -0.2) is 52.0 Å². The van der Waals surface area contributed by atoms with Crippen molar-refractivity contribution in [2.45, 2.75) is 85.4 Å². The second kappa shape index (κ2) is 10.6. The minimum absolute atomic E-state index is 0.0484. The fourth-order valence-electron chi connectivity index (χ4n) is 5.15. The zero-order chi connectivity index (χ0) is 24.3. The maximum Gasteiger partial charge on any atom is 0.341 e. The average molecular weight is 451 g/mol. The first-order chi connectivity index (χ1) is 14.9. The molecule has 1 fully saturated rings. The van der Waals surface area contributed by atoms with Crippen LogP contribution in [0.15, 0.2) is 23.3 Å². The van der Waals surface area contributed by atoms with Crippen LogP contribution in [0.5, 0.6) is 0 Å². The minimum Gasteiger partial charge on any atom is -0.456 e. The van der Waals surface area contributed by atoms with E-state index >= 15 is 0 Å². The SMILES string of the molecule is CC[C@@H](C)C[C@H](C)C[C@](O)(CO)C(=O)O[C@@H]1CC[C@H](C)[C@@]2(C)C=C([C@@H](C)CO)C(=O)C=C12. The molecular weight excluding hydrogens is 408 g/mol. The number of ether oxygens (including phenoxy) is 1. The Hall–Kier alpha value is -1.50. The predicted octanol–water partition coefficient (Wildman–Crippen LogP) is 3.58. The number of ketones is 1. The zero-order valence-electron chi connectivity index (χ0n) is 20.6. The molecule has 0 aliphatic heterocycles. The molecule has 0 aromatic heterocycles. The van der Waals surface area contributed by atoms with Crippen molar-refractivity contribution >= 4 is 11.8 Å². The van der Waals surface area contributed by atoms with Crippen LogP contribution in [-0.2, 0) is 14.3 Å². The van der Waals surface area contributed by atoms with Crippen molar-refractivity contribution in [2.75, 3.05) is 13.2 Å². The molecular formula is C26H42O6. The van der Waals surface area contributed by atoms with Crippen LogP contribution in [0, 0.1) is 29.1 Å². The second-order valence-corrected chi connectivity index (χ2v) is 10.6. The summed E-state index contributed by atoms with van der Waals surface area (Å²) in [5.74, 6) is -0.528. The highest BCUT2D eigenvalue weighted by Gasteiger charge is 2.48. The highest BCUT2D eigenvalue weighted by molar-refractivity contribution is 6.06. The van der Waals surface area contributed by atoms with E-state index in [9.17, 15) is 24.9 Å². The van der Waals surface area contributed by atoms with Crippen LogP contribution in [0.3, 0.4) is 0 Å². The fraction of sp³-hybridized carbons (Fsp3) is 0.769. The molecule has 182 valence electrons. The summed E-state index contributed by atoms with van der Waals surface area (Å²) in [5, 5.41) is 30.3. The molecule has 0 saturated heterocycles. The summed E-state index contributed by atoms with van der Waals surface area (Å²) in [5.41, 5.74) is -1.12. The van der Waals surface area contributed by atoms with Crippen LogP contribution < -0.4 is 0 Å². The van der Waals surface area contributed by atoms with Crippen molar-refractivity contribution in [3.05, 3.63) is 23.3 Å². The van der Waals surface area contributed by atoms with Gasteiger partial charge in [0, 0.05) is 23.5 Å². The van der Waals surface area contributed by atoms with E-state index in [2.05, 4.69) is 20.8 Å². The van der Waals surface area contributed by atoms with Crippen molar-refractivity contribution in [3.63, 3.8) is 0 Å². The van der Waals surface area contributed by atoms with Crippen molar-refractivity contribution < 1.29 is 29.6 Å². The number of aliphatic hydroxyl groups is 3. The standard InChI is InChI=1S/C26H42O6/c1-7-16(2)10-17(3)12-26(31,15-28)24(30)32-23-9-8-19(5)25(6)13-20(18(4)14-27)22(29)11-21(23)25/h11,13,16-19,23,27-28,31H,7-10,12,14-15H2,1-6H3/t16-,17+,18+,19+,23-,25-,26+/m1/s1. The predicted molar refractivity (Wildman–Crippen MR) is 124 cm³/mol. The second-order valence-electron chi connectivity index (χ2n) is 10.6.